The predicted molar refractivity (Wildman–Crippen MR) is 94.3 cm³/mol. The standard InChI is InChI=1S/C17H17N3O6/c1-12-11-13(8-9-14(12)19(22)23)18-17(21)7-4-10-26-16-6-3-2-5-15(16)20(24)25/h2-3,5-6,8-9,11H,4,7,10H2,1H3,(H,18,21). The van der Waals surface area contributed by atoms with Gasteiger partial charge >= 0.3 is 5.69 Å². The number of carbonyl (C=O) groups is 1. The van der Waals surface area contributed by atoms with Gasteiger partial charge in [0.25, 0.3) is 5.69 Å². The number of amides is 1. The molecular formula is C17H17N3O6. The van der Waals surface area contributed by atoms with E-state index in [-0.39, 0.29) is 36.1 Å². The molecule has 2 aromatic rings. The van der Waals surface area contributed by atoms with E-state index in [1.54, 1.807) is 19.1 Å². The Morgan fingerprint density at radius 3 is 2.42 bits per heavy atom. The fourth-order valence-electron chi connectivity index (χ4n) is 2.31. The molecule has 0 fully saturated rings. The van der Waals surface area contributed by atoms with Crippen LogP contribution in [-0.4, -0.2) is 22.4 Å². The quantitative estimate of drug-likeness (QED) is 0.436. The minimum atomic E-state index is -0.529. The summed E-state index contributed by atoms with van der Waals surface area (Å²) in [7, 11) is 0. The topological polar surface area (TPSA) is 125 Å². The van der Waals surface area contributed by atoms with Crippen LogP contribution in [0.5, 0.6) is 5.75 Å². The van der Waals surface area contributed by atoms with Crippen LogP contribution < -0.4 is 10.1 Å². The van der Waals surface area contributed by atoms with E-state index >= 15 is 0 Å². The number of hydrogen-bond donors (Lipinski definition) is 1. The maximum atomic E-state index is 11.9. The fraction of sp³-hybridized carbons (Fsp3) is 0.235. The van der Waals surface area contributed by atoms with E-state index in [1.165, 1.54) is 30.3 Å². The lowest BCUT2D eigenvalue weighted by molar-refractivity contribution is -0.385. The Balaban J connectivity index is 1.82. The van der Waals surface area contributed by atoms with E-state index < -0.39 is 9.85 Å². The number of hydrogen-bond acceptors (Lipinski definition) is 6. The number of rotatable bonds is 8. The maximum absolute atomic E-state index is 11.9. The SMILES string of the molecule is Cc1cc(NC(=O)CCCOc2ccccc2[N+](=O)[O-])ccc1[N+](=O)[O-]. The zero-order valence-corrected chi connectivity index (χ0v) is 14.0. The Morgan fingerprint density at radius 2 is 1.77 bits per heavy atom. The van der Waals surface area contributed by atoms with Crippen molar-refractivity contribution in [1.29, 1.82) is 0 Å². The first-order valence-corrected chi connectivity index (χ1v) is 7.79. The van der Waals surface area contributed by atoms with E-state index in [0.717, 1.165) is 0 Å². The third-order valence-corrected chi connectivity index (χ3v) is 3.54. The first-order valence-electron chi connectivity index (χ1n) is 7.79. The van der Waals surface area contributed by atoms with Gasteiger partial charge in [0.05, 0.1) is 16.5 Å². The summed E-state index contributed by atoms with van der Waals surface area (Å²) in [6, 6.07) is 10.3. The van der Waals surface area contributed by atoms with Gasteiger partial charge in [-0.25, -0.2) is 0 Å². The zero-order valence-electron chi connectivity index (χ0n) is 14.0. The molecule has 1 amide bonds. The molecule has 0 unspecified atom stereocenters. The van der Waals surface area contributed by atoms with Crippen LogP contribution in [0.2, 0.25) is 0 Å². The molecule has 0 spiro atoms. The van der Waals surface area contributed by atoms with Crippen LogP contribution >= 0.6 is 0 Å². The fourth-order valence-corrected chi connectivity index (χ4v) is 2.31. The van der Waals surface area contributed by atoms with Crippen molar-refractivity contribution in [2.45, 2.75) is 19.8 Å². The number of ether oxygens (including phenoxy) is 1. The molecule has 136 valence electrons. The molecule has 0 aliphatic carbocycles. The molecule has 0 saturated heterocycles. The summed E-state index contributed by atoms with van der Waals surface area (Å²) in [6.07, 6.45) is 0.514. The summed E-state index contributed by atoms with van der Waals surface area (Å²) in [5.74, 6) is -0.117. The van der Waals surface area contributed by atoms with E-state index in [2.05, 4.69) is 5.32 Å². The van der Waals surface area contributed by atoms with E-state index in [4.69, 9.17) is 4.74 Å². The highest BCUT2D eigenvalue weighted by molar-refractivity contribution is 5.90. The van der Waals surface area contributed by atoms with Crippen LogP contribution in [0.4, 0.5) is 17.1 Å². The van der Waals surface area contributed by atoms with Crippen LogP contribution in [0, 0.1) is 27.2 Å². The number of nitrogens with zero attached hydrogens (tertiary/aromatic N) is 2. The van der Waals surface area contributed by atoms with E-state index in [0.29, 0.717) is 17.7 Å². The lowest BCUT2D eigenvalue weighted by atomic mass is 10.2. The molecule has 0 radical (unpaired) electrons. The molecule has 1 N–H and O–H groups in total. The Kier molecular flexibility index (Phi) is 6.20. The zero-order chi connectivity index (χ0) is 19.1. The first-order chi connectivity index (χ1) is 12.4. The second-order valence-corrected chi connectivity index (χ2v) is 5.48. The lowest BCUT2D eigenvalue weighted by Gasteiger charge is -2.08. The van der Waals surface area contributed by atoms with Crippen LogP contribution in [0.15, 0.2) is 42.5 Å². The number of nitrogens with one attached hydrogen (secondary N) is 1. The highest BCUT2D eigenvalue weighted by atomic mass is 16.6. The predicted octanol–water partition coefficient (Wildman–Crippen LogP) is 3.61. The molecular weight excluding hydrogens is 342 g/mol. The van der Waals surface area contributed by atoms with Crippen LogP contribution in [-0.2, 0) is 4.79 Å². The average Bonchev–Trinajstić information content (AvgIpc) is 2.58. The second-order valence-electron chi connectivity index (χ2n) is 5.48. The minimum Gasteiger partial charge on any atom is -0.487 e. The summed E-state index contributed by atoms with van der Waals surface area (Å²) in [6.45, 7) is 1.74. The number of anilines is 1. The summed E-state index contributed by atoms with van der Waals surface area (Å²) in [5, 5.41) is 24.3. The lowest BCUT2D eigenvalue weighted by Crippen LogP contribution is -2.13. The van der Waals surface area contributed by atoms with Gasteiger partial charge in [-0.15, -0.1) is 0 Å². The molecule has 26 heavy (non-hydrogen) atoms. The van der Waals surface area contributed by atoms with Gasteiger partial charge in [0.2, 0.25) is 5.91 Å². The highest BCUT2D eigenvalue weighted by Gasteiger charge is 2.14. The molecule has 0 aromatic heterocycles. The number of aryl methyl sites for hydroxylation is 1. The molecule has 2 rings (SSSR count). The van der Waals surface area contributed by atoms with Crippen molar-refractivity contribution in [2.24, 2.45) is 0 Å². The summed E-state index contributed by atoms with van der Waals surface area (Å²) in [5.41, 5.74) is 0.782. The van der Waals surface area contributed by atoms with Gasteiger partial charge in [-0.05, 0) is 31.5 Å². The Hall–Kier alpha value is -3.49. The summed E-state index contributed by atoms with van der Waals surface area (Å²) >= 11 is 0. The van der Waals surface area contributed by atoms with Gasteiger partial charge in [-0.1, -0.05) is 12.1 Å². The summed E-state index contributed by atoms with van der Waals surface area (Å²) in [4.78, 5) is 32.6. The molecule has 9 nitrogen and oxygen atoms in total. The number of benzene rings is 2. The number of carbonyl (C=O) groups excluding carboxylic acids is 1. The molecule has 0 heterocycles. The third-order valence-electron chi connectivity index (χ3n) is 3.54. The number of nitro groups is 2. The number of para-hydroxylation sites is 2. The minimum absolute atomic E-state index is 0.0131. The van der Waals surface area contributed by atoms with Gasteiger partial charge in [0.15, 0.2) is 5.75 Å². The smallest absolute Gasteiger partial charge is 0.310 e. The third kappa shape index (κ3) is 5.00. The van der Waals surface area contributed by atoms with Crippen LogP contribution in [0.3, 0.4) is 0 Å². The second kappa shape index (κ2) is 8.56. The molecule has 0 atom stereocenters. The number of nitro benzene ring substituents is 2. The largest absolute Gasteiger partial charge is 0.487 e. The van der Waals surface area contributed by atoms with Gasteiger partial charge < -0.3 is 10.1 Å². The molecule has 0 aliphatic rings. The first kappa shape index (κ1) is 18.8. The molecule has 2 aromatic carbocycles. The molecule has 0 aliphatic heterocycles. The van der Waals surface area contributed by atoms with Crippen molar-refractivity contribution >= 4 is 23.0 Å². The van der Waals surface area contributed by atoms with Crippen LogP contribution in [0.25, 0.3) is 0 Å². The van der Waals surface area contributed by atoms with Crippen LogP contribution in [0.1, 0.15) is 18.4 Å². The van der Waals surface area contributed by atoms with Crippen molar-refractivity contribution in [1.82, 2.24) is 0 Å². The summed E-state index contributed by atoms with van der Waals surface area (Å²) < 4.78 is 5.36. The molecule has 0 bridgehead atoms. The Bertz CT molecular complexity index is 837. The van der Waals surface area contributed by atoms with Gasteiger partial charge in [-0.3, -0.25) is 25.0 Å². The van der Waals surface area contributed by atoms with E-state index in [9.17, 15) is 25.0 Å². The van der Waals surface area contributed by atoms with Crippen molar-refractivity contribution < 1.29 is 19.4 Å². The van der Waals surface area contributed by atoms with E-state index in [1.807, 2.05) is 0 Å². The highest BCUT2D eigenvalue weighted by Crippen LogP contribution is 2.26. The molecule has 0 saturated carbocycles. The van der Waals surface area contributed by atoms with Crippen molar-refractivity contribution in [2.75, 3.05) is 11.9 Å². The van der Waals surface area contributed by atoms with Gasteiger partial charge in [0.1, 0.15) is 0 Å². The van der Waals surface area contributed by atoms with Crippen molar-refractivity contribution in [3.05, 3.63) is 68.3 Å². The Labute approximate surface area is 148 Å². The van der Waals surface area contributed by atoms with Crippen molar-refractivity contribution in [3.63, 3.8) is 0 Å². The molecule has 9 heteroatoms. The van der Waals surface area contributed by atoms with Gasteiger partial charge in [-0.2, -0.15) is 0 Å². The Morgan fingerprint density at radius 1 is 1.08 bits per heavy atom. The maximum Gasteiger partial charge on any atom is 0.310 e. The normalized spacial score (nSPS) is 10.2. The monoisotopic (exact) mass is 359 g/mol. The van der Waals surface area contributed by atoms with Crippen molar-refractivity contribution in [3.8, 4) is 5.75 Å². The average molecular weight is 359 g/mol. The van der Waals surface area contributed by atoms with Gasteiger partial charge in [0, 0.05) is 29.8 Å².